The highest BCUT2D eigenvalue weighted by molar-refractivity contribution is 5.67. The minimum Gasteiger partial charge on any atom is -0.481 e. The Morgan fingerprint density at radius 2 is 2.47 bits per heavy atom. The van der Waals surface area contributed by atoms with Gasteiger partial charge in [0.1, 0.15) is 0 Å². The minimum atomic E-state index is -0.754. The van der Waals surface area contributed by atoms with E-state index in [0.29, 0.717) is 12.5 Å². The average Bonchev–Trinajstić information content (AvgIpc) is 2.75. The van der Waals surface area contributed by atoms with Gasteiger partial charge in [-0.2, -0.15) is 5.10 Å². The number of nitrogens with zero attached hydrogens (tertiary/aromatic N) is 3. The second kappa shape index (κ2) is 5.31. The maximum absolute atomic E-state index is 10.5. The van der Waals surface area contributed by atoms with Crippen LogP contribution in [0.25, 0.3) is 0 Å². The summed E-state index contributed by atoms with van der Waals surface area (Å²) in [6, 6.07) is 0.437. The topological polar surface area (TPSA) is 58.4 Å². The molecule has 1 aromatic heterocycles. The molecule has 1 N–H and O–H groups in total. The Balaban J connectivity index is 1.95. The molecular formula is C12H19N3O2. The van der Waals surface area contributed by atoms with Crippen molar-refractivity contribution in [3.8, 4) is 0 Å². The lowest BCUT2D eigenvalue weighted by molar-refractivity contribution is -0.136. The predicted molar refractivity (Wildman–Crippen MR) is 64.0 cm³/mol. The minimum absolute atomic E-state index is 0.177. The molecule has 1 unspecified atom stereocenters. The summed E-state index contributed by atoms with van der Waals surface area (Å²) < 4.78 is 1.99. The number of piperidine rings is 1. The van der Waals surface area contributed by atoms with E-state index in [1.54, 1.807) is 6.20 Å². The molecule has 1 saturated heterocycles. The zero-order valence-corrected chi connectivity index (χ0v) is 10.2. The highest BCUT2D eigenvalue weighted by Gasteiger charge is 2.19. The number of rotatable bonds is 4. The summed E-state index contributed by atoms with van der Waals surface area (Å²) in [6.07, 6.45) is 6.88. The molecule has 0 amide bonds. The Bertz CT molecular complexity index is 389. The fraction of sp³-hybridized carbons (Fsp3) is 0.667. The van der Waals surface area contributed by atoms with Crippen molar-refractivity contribution in [2.45, 2.75) is 31.7 Å². The fourth-order valence-electron chi connectivity index (χ4n) is 2.31. The summed E-state index contributed by atoms with van der Waals surface area (Å²) >= 11 is 0. The zero-order valence-electron chi connectivity index (χ0n) is 10.2. The van der Waals surface area contributed by atoms with Crippen LogP contribution in [0.5, 0.6) is 0 Å². The number of aryl methyl sites for hydroxylation is 1. The standard InChI is InChI=1S/C12H19N3O2/c1-14-6-2-3-11(9-14)15-8-10(7-13-15)4-5-12(16)17/h7-8,11H,2-6,9H2,1H3,(H,16,17). The third-order valence-corrected chi connectivity index (χ3v) is 3.26. The molecule has 2 rings (SSSR count). The van der Waals surface area contributed by atoms with E-state index in [9.17, 15) is 4.79 Å². The maximum Gasteiger partial charge on any atom is 0.303 e. The van der Waals surface area contributed by atoms with Crippen LogP contribution >= 0.6 is 0 Å². The molecule has 0 radical (unpaired) electrons. The summed E-state index contributed by atoms with van der Waals surface area (Å²) in [5, 5.41) is 13.0. The van der Waals surface area contributed by atoms with Crippen LogP contribution in [0.2, 0.25) is 0 Å². The summed E-state index contributed by atoms with van der Waals surface area (Å²) in [7, 11) is 2.13. The van der Waals surface area contributed by atoms with Crippen LogP contribution in [-0.4, -0.2) is 45.9 Å². The van der Waals surface area contributed by atoms with E-state index in [-0.39, 0.29) is 6.42 Å². The van der Waals surface area contributed by atoms with E-state index in [1.165, 1.54) is 6.42 Å². The van der Waals surface area contributed by atoms with Crippen LogP contribution in [0, 0.1) is 0 Å². The van der Waals surface area contributed by atoms with Crippen molar-refractivity contribution in [2.75, 3.05) is 20.1 Å². The predicted octanol–water partition coefficient (Wildman–Crippen LogP) is 1.17. The number of likely N-dealkylation sites (N-methyl/N-ethyl adjacent to an activating group) is 1. The number of aromatic nitrogens is 2. The van der Waals surface area contributed by atoms with Gasteiger partial charge in [-0.3, -0.25) is 9.48 Å². The van der Waals surface area contributed by atoms with E-state index < -0.39 is 5.97 Å². The van der Waals surface area contributed by atoms with Gasteiger partial charge in [-0.15, -0.1) is 0 Å². The van der Waals surface area contributed by atoms with Gasteiger partial charge in [0.05, 0.1) is 12.2 Å². The molecule has 0 aromatic carbocycles. The quantitative estimate of drug-likeness (QED) is 0.854. The van der Waals surface area contributed by atoms with Gasteiger partial charge in [-0.1, -0.05) is 0 Å². The number of carboxylic acid groups (broad SMARTS) is 1. The molecule has 1 aromatic rings. The molecule has 17 heavy (non-hydrogen) atoms. The number of hydrogen-bond donors (Lipinski definition) is 1. The van der Waals surface area contributed by atoms with Crippen LogP contribution in [0.3, 0.4) is 0 Å². The van der Waals surface area contributed by atoms with Gasteiger partial charge in [0.15, 0.2) is 0 Å². The Kier molecular flexibility index (Phi) is 3.78. The number of carboxylic acids is 1. The Labute approximate surface area is 101 Å². The van der Waals surface area contributed by atoms with E-state index in [4.69, 9.17) is 5.11 Å². The van der Waals surface area contributed by atoms with Crippen molar-refractivity contribution >= 4 is 5.97 Å². The maximum atomic E-state index is 10.5. The molecule has 0 spiro atoms. The van der Waals surface area contributed by atoms with Crippen LogP contribution in [-0.2, 0) is 11.2 Å². The molecule has 1 aliphatic heterocycles. The van der Waals surface area contributed by atoms with E-state index >= 15 is 0 Å². The van der Waals surface area contributed by atoms with E-state index in [1.807, 2.05) is 10.9 Å². The molecule has 0 bridgehead atoms. The Morgan fingerprint density at radius 3 is 3.18 bits per heavy atom. The van der Waals surface area contributed by atoms with Crippen LogP contribution in [0.4, 0.5) is 0 Å². The molecule has 94 valence electrons. The molecule has 1 fully saturated rings. The first-order chi connectivity index (χ1) is 8.15. The van der Waals surface area contributed by atoms with Gasteiger partial charge in [0, 0.05) is 19.2 Å². The van der Waals surface area contributed by atoms with E-state index in [2.05, 4.69) is 17.0 Å². The average molecular weight is 237 g/mol. The monoisotopic (exact) mass is 237 g/mol. The number of aliphatic carboxylic acids is 1. The molecular weight excluding hydrogens is 218 g/mol. The number of hydrogen-bond acceptors (Lipinski definition) is 3. The van der Waals surface area contributed by atoms with Crippen LogP contribution < -0.4 is 0 Å². The summed E-state index contributed by atoms with van der Waals surface area (Å²) in [5.41, 5.74) is 1.01. The normalized spacial score (nSPS) is 21.6. The third-order valence-electron chi connectivity index (χ3n) is 3.26. The lowest BCUT2D eigenvalue weighted by atomic mass is 10.1. The van der Waals surface area contributed by atoms with Crippen molar-refractivity contribution < 1.29 is 9.90 Å². The lowest BCUT2D eigenvalue weighted by Crippen LogP contribution is -2.33. The van der Waals surface area contributed by atoms with Gasteiger partial charge in [0.25, 0.3) is 0 Å². The Morgan fingerprint density at radius 1 is 1.65 bits per heavy atom. The number of likely N-dealkylation sites (tertiary alicyclic amines) is 1. The summed E-state index contributed by atoms with van der Waals surface area (Å²) in [5.74, 6) is -0.754. The molecule has 5 nitrogen and oxygen atoms in total. The first kappa shape index (κ1) is 12.1. The van der Waals surface area contributed by atoms with Gasteiger partial charge < -0.3 is 10.0 Å². The van der Waals surface area contributed by atoms with Crippen molar-refractivity contribution in [2.24, 2.45) is 0 Å². The van der Waals surface area contributed by atoms with Gasteiger partial charge in [-0.25, -0.2) is 0 Å². The van der Waals surface area contributed by atoms with Crippen LogP contribution in [0.1, 0.15) is 30.9 Å². The summed E-state index contributed by atoms with van der Waals surface area (Å²) in [4.78, 5) is 12.8. The SMILES string of the molecule is CN1CCCC(n2cc(CCC(=O)O)cn2)C1. The molecule has 1 atom stereocenters. The van der Waals surface area contributed by atoms with Crippen molar-refractivity contribution in [3.05, 3.63) is 18.0 Å². The second-order valence-corrected chi connectivity index (χ2v) is 4.78. The molecule has 0 saturated carbocycles. The van der Waals surface area contributed by atoms with Crippen molar-refractivity contribution in [3.63, 3.8) is 0 Å². The first-order valence-corrected chi connectivity index (χ1v) is 6.08. The van der Waals surface area contributed by atoms with E-state index in [0.717, 1.165) is 25.1 Å². The first-order valence-electron chi connectivity index (χ1n) is 6.08. The fourth-order valence-corrected chi connectivity index (χ4v) is 2.31. The third kappa shape index (κ3) is 3.30. The smallest absolute Gasteiger partial charge is 0.303 e. The van der Waals surface area contributed by atoms with Crippen LogP contribution in [0.15, 0.2) is 12.4 Å². The van der Waals surface area contributed by atoms with Gasteiger partial charge in [-0.05, 0) is 38.4 Å². The van der Waals surface area contributed by atoms with Gasteiger partial charge in [0.2, 0.25) is 0 Å². The zero-order chi connectivity index (χ0) is 12.3. The highest BCUT2D eigenvalue weighted by Crippen LogP contribution is 2.20. The largest absolute Gasteiger partial charge is 0.481 e. The molecule has 1 aliphatic rings. The highest BCUT2D eigenvalue weighted by atomic mass is 16.4. The van der Waals surface area contributed by atoms with Crippen molar-refractivity contribution in [1.82, 2.24) is 14.7 Å². The molecule has 2 heterocycles. The second-order valence-electron chi connectivity index (χ2n) is 4.78. The Hall–Kier alpha value is -1.36. The number of carbonyl (C=O) groups is 1. The molecule has 5 heteroatoms. The van der Waals surface area contributed by atoms with Crippen molar-refractivity contribution in [1.29, 1.82) is 0 Å². The van der Waals surface area contributed by atoms with Gasteiger partial charge >= 0.3 is 5.97 Å². The lowest BCUT2D eigenvalue weighted by Gasteiger charge is -2.29. The summed E-state index contributed by atoms with van der Waals surface area (Å²) in [6.45, 7) is 2.18. The molecule has 0 aliphatic carbocycles.